The number of benzene rings is 7. The van der Waals surface area contributed by atoms with E-state index in [0.717, 1.165) is 44.4 Å². The van der Waals surface area contributed by atoms with Gasteiger partial charge in [0.05, 0.1) is 23.4 Å². The Kier molecular flexibility index (Phi) is 7.41. The molecule has 0 spiro atoms. The predicted molar refractivity (Wildman–Crippen MR) is 208 cm³/mol. The molecule has 2 atom stereocenters. The molecule has 0 saturated heterocycles. The van der Waals surface area contributed by atoms with Crippen molar-refractivity contribution in [2.24, 2.45) is 10.1 Å². The number of hydrogen-bond acceptors (Lipinski definition) is 6. The Morgan fingerprint density at radius 2 is 1.24 bits per heavy atom. The van der Waals surface area contributed by atoms with Gasteiger partial charge >= 0.3 is 0 Å². The van der Waals surface area contributed by atoms with Gasteiger partial charge in [0.1, 0.15) is 16.3 Å². The Balaban J connectivity index is 1.08. The van der Waals surface area contributed by atoms with E-state index >= 15 is 0 Å². The van der Waals surface area contributed by atoms with Crippen LogP contribution >= 0.6 is 11.8 Å². The van der Waals surface area contributed by atoms with E-state index in [1.165, 1.54) is 32.3 Å². The van der Waals surface area contributed by atoms with Gasteiger partial charge in [0.25, 0.3) is 0 Å². The Bertz CT molecular complexity index is 2550. The Morgan fingerprint density at radius 3 is 1.94 bits per heavy atom. The SMILES string of the molecule is CN1N=C(c2ccc3c4ccccc4c4ccccc4c3c2)SC1C1=CC(c2cccc(-c3ccc(C#N)cc3)c2)NC(c2ccccc2)=N1. The van der Waals surface area contributed by atoms with Crippen molar-refractivity contribution in [3.8, 4) is 17.2 Å². The van der Waals surface area contributed by atoms with E-state index in [0.29, 0.717) is 5.56 Å². The van der Waals surface area contributed by atoms with Crippen LogP contribution in [0.1, 0.15) is 28.3 Å². The largest absolute Gasteiger partial charge is 0.359 e. The molecule has 0 fully saturated rings. The molecule has 50 heavy (non-hydrogen) atoms. The smallest absolute Gasteiger partial charge is 0.140 e. The first kappa shape index (κ1) is 29.9. The summed E-state index contributed by atoms with van der Waals surface area (Å²) in [6, 6.07) is 52.9. The summed E-state index contributed by atoms with van der Waals surface area (Å²) in [6.45, 7) is 0. The lowest BCUT2D eigenvalue weighted by atomic mass is 9.93. The van der Waals surface area contributed by atoms with E-state index in [-0.39, 0.29) is 11.4 Å². The van der Waals surface area contributed by atoms with Crippen LogP contribution in [0.25, 0.3) is 43.4 Å². The summed E-state index contributed by atoms with van der Waals surface area (Å²) < 4.78 is 0. The lowest BCUT2D eigenvalue weighted by molar-refractivity contribution is 0.365. The van der Waals surface area contributed by atoms with Crippen LogP contribution in [-0.4, -0.2) is 28.3 Å². The summed E-state index contributed by atoms with van der Waals surface area (Å²) in [5.74, 6) is 0.836. The molecule has 0 aliphatic carbocycles. The van der Waals surface area contributed by atoms with E-state index in [4.69, 9.17) is 10.1 Å². The fourth-order valence-electron chi connectivity index (χ4n) is 7.09. The minimum absolute atomic E-state index is 0.0981. The minimum atomic E-state index is -0.102. The molecule has 6 heteroatoms. The first-order valence-electron chi connectivity index (χ1n) is 16.7. The third-order valence-corrected chi connectivity index (χ3v) is 10.9. The van der Waals surface area contributed by atoms with E-state index in [9.17, 15) is 5.26 Å². The van der Waals surface area contributed by atoms with E-state index < -0.39 is 0 Å². The second-order valence-electron chi connectivity index (χ2n) is 12.7. The van der Waals surface area contributed by atoms with Gasteiger partial charge in [0, 0.05) is 18.2 Å². The van der Waals surface area contributed by atoms with Gasteiger partial charge in [0.15, 0.2) is 0 Å². The molecule has 1 N–H and O–H groups in total. The number of nitriles is 1. The Labute approximate surface area is 294 Å². The third kappa shape index (κ3) is 5.29. The maximum absolute atomic E-state index is 9.27. The van der Waals surface area contributed by atoms with Crippen molar-refractivity contribution in [1.29, 1.82) is 5.26 Å². The molecule has 2 unspecified atom stereocenters. The van der Waals surface area contributed by atoms with Gasteiger partial charge in [-0.15, -0.1) is 0 Å². The summed E-state index contributed by atoms with van der Waals surface area (Å²) >= 11 is 1.74. The zero-order valence-electron chi connectivity index (χ0n) is 27.3. The summed E-state index contributed by atoms with van der Waals surface area (Å²) in [4.78, 5) is 5.21. The molecular weight excluding hydrogens is 631 g/mol. The van der Waals surface area contributed by atoms with Crippen molar-refractivity contribution in [3.05, 3.63) is 180 Å². The molecule has 7 aromatic carbocycles. The van der Waals surface area contributed by atoms with Crippen LogP contribution in [0.15, 0.2) is 167 Å². The summed E-state index contributed by atoms with van der Waals surface area (Å²) in [6.07, 6.45) is 2.23. The topological polar surface area (TPSA) is 63.8 Å². The predicted octanol–water partition coefficient (Wildman–Crippen LogP) is 10.0. The van der Waals surface area contributed by atoms with Crippen LogP contribution in [-0.2, 0) is 0 Å². The quantitative estimate of drug-likeness (QED) is 0.187. The normalized spacial score (nSPS) is 17.3. The van der Waals surface area contributed by atoms with Crippen LogP contribution in [0.2, 0.25) is 0 Å². The number of nitrogens with one attached hydrogen (secondary N) is 1. The molecule has 7 aromatic rings. The number of rotatable bonds is 5. The molecule has 5 nitrogen and oxygen atoms in total. The number of aliphatic imine (C=N–C) groups is 1. The van der Waals surface area contributed by atoms with Gasteiger partial charge in [-0.2, -0.15) is 10.4 Å². The lowest BCUT2D eigenvalue weighted by Gasteiger charge is -2.28. The van der Waals surface area contributed by atoms with Crippen LogP contribution in [0, 0.1) is 11.3 Å². The third-order valence-electron chi connectivity index (χ3n) is 9.57. The number of fused-ring (bicyclic) bond motifs is 6. The monoisotopic (exact) mass is 661 g/mol. The zero-order valence-corrected chi connectivity index (χ0v) is 28.1. The van der Waals surface area contributed by atoms with Gasteiger partial charge in [-0.1, -0.05) is 133 Å². The van der Waals surface area contributed by atoms with Crippen molar-refractivity contribution in [2.45, 2.75) is 11.4 Å². The van der Waals surface area contributed by atoms with Crippen molar-refractivity contribution in [2.75, 3.05) is 7.05 Å². The standard InChI is InChI=1S/C44H31N5S/c1-49-44(50-43(48-49)33-22-23-38-36-16-6-5-14-34(36)35-15-7-8-17-37(35)39(38)25-33)41-26-40(46-42(47-41)30-10-3-2-4-11-30)32-13-9-12-31(24-32)29-20-18-28(27-45)19-21-29/h2-26,40,44H,1H3,(H,46,47). The zero-order chi connectivity index (χ0) is 33.6. The van der Waals surface area contributed by atoms with Crippen LogP contribution in [0.4, 0.5) is 0 Å². The number of nitrogens with zero attached hydrogens (tertiary/aromatic N) is 4. The van der Waals surface area contributed by atoms with Gasteiger partial charge in [-0.25, -0.2) is 4.99 Å². The minimum Gasteiger partial charge on any atom is -0.359 e. The van der Waals surface area contributed by atoms with Crippen LogP contribution in [0.5, 0.6) is 0 Å². The summed E-state index contributed by atoms with van der Waals surface area (Å²) in [7, 11) is 2.04. The molecule has 0 saturated carbocycles. The van der Waals surface area contributed by atoms with E-state index in [1.807, 2.05) is 54.5 Å². The molecule has 0 aromatic heterocycles. The molecule has 0 radical (unpaired) electrons. The van der Waals surface area contributed by atoms with Crippen LogP contribution < -0.4 is 5.32 Å². The molecule has 238 valence electrons. The van der Waals surface area contributed by atoms with Gasteiger partial charge in [-0.3, -0.25) is 5.01 Å². The van der Waals surface area contributed by atoms with Crippen molar-refractivity contribution >= 4 is 55.0 Å². The highest BCUT2D eigenvalue weighted by atomic mass is 32.2. The Hall–Kier alpha value is -6.16. The van der Waals surface area contributed by atoms with Crippen molar-refractivity contribution < 1.29 is 0 Å². The summed E-state index contributed by atoms with van der Waals surface area (Å²) in [5, 5.41) is 28.5. The fraction of sp³-hybridized carbons (Fsp3) is 0.0682. The maximum Gasteiger partial charge on any atom is 0.140 e. The number of thioether (sulfide) groups is 1. The van der Waals surface area contributed by atoms with E-state index in [2.05, 4.69) is 121 Å². The molecule has 9 rings (SSSR count). The van der Waals surface area contributed by atoms with Crippen LogP contribution in [0.3, 0.4) is 0 Å². The van der Waals surface area contributed by atoms with Crippen molar-refractivity contribution in [1.82, 2.24) is 10.3 Å². The fourth-order valence-corrected chi connectivity index (χ4v) is 8.19. The highest BCUT2D eigenvalue weighted by Crippen LogP contribution is 2.40. The highest BCUT2D eigenvalue weighted by Gasteiger charge is 2.32. The van der Waals surface area contributed by atoms with Crippen molar-refractivity contribution in [3.63, 3.8) is 0 Å². The average molecular weight is 662 g/mol. The number of likely N-dealkylation sites (N-methyl/N-ethyl adjacent to an activating group) is 1. The molecule has 0 bridgehead atoms. The highest BCUT2D eigenvalue weighted by molar-refractivity contribution is 8.15. The molecular formula is C44H31N5S. The second kappa shape index (κ2) is 12.4. The molecule has 0 amide bonds. The summed E-state index contributed by atoms with van der Waals surface area (Å²) in [5.41, 5.74) is 7.05. The molecule has 2 heterocycles. The van der Waals surface area contributed by atoms with Gasteiger partial charge in [0.2, 0.25) is 0 Å². The molecule has 2 aliphatic rings. The maximum atomic E-state index is 9.27. The van der Waals surface area contributed by atoms with Gasteiger partial charge in [-0.05, 0) is 79.3 Å². The average Bonchev–Trinajstić information content (AvgIpc) is 3.59. The first-order chi connectivity index (χ1) is 24.6. The number of hydrazone groups is 1. The second-order valence-corrected chi connectivity index (χ2v) is 13.7. The Morgan fingerprint density at radius 1 is 0.620 bits per heavy atom. The van der Waals surface area contributed by atoms with Gasteiger partial charge < -0.3 is 5.32 Å². The first-order valence-corrected chi connectivity index (χ1v) is 17.6. The lowest BCUT2D eigenvalue weighted by Crippen LogP contribution is -2.34. The molecule has 2 aliphatic heterocycles. The number of amidine groups is 1. The number of hydrogen-bond donors (Lipinski definition) is 1. The van der Waals surface area contributed by atoms with E-state index in [1.54, 1.807) is 11.8 Å².